The fraction of sp³-hybridized carbons (Fsp3) is 0.451. The molecule has 4 aromatic rings. The lowest BCUT2D eigenvalue weighted by molar-refractivity contribution is -0.136. The molecule has 0 bridgehead atoms. The third kappa shape index (κ3) is 18.2. The van der Waals surface area contributed by atoms with E-state index in [0.29, 0.717) is 17.5 Å². The molecule has 400 valence electrons. The molecule has 74 heavy (non-hydrogen) atoms. The molecule has 2 heterocycles. The van der Waals surface area contributed by atoms with Gasteiger partial charge in [-0.05, 0) is 62.3 Å². The predicted molar refractivity (Wildman–Crippen MR) is 282 cm³/mol. The molecule has 1 saturated heterocycles. The highest BCUT2D eigenvalue weighted by Gasteiger charge is 2.36. The van der Waals surface area contributed by atoms with E-state index in [1.165, 1.54) is 20.8 Å². The average Bonchev–Trinajstić information content (AvgIpc) is 3.78. The minimum atomic E-state index is -1.70. The van der Waals surface area contributed by atoms with Gasteiger partial charge in [-0.15, -0.1) is 0 Å². The summed E-state index contributed by atoms with van der Waals surface area (Å²) >= 11 is 0. The van der Waals surface area contributed by atoms with Crippen molar-refractivity contribution in [2.75, 3.05) is 24.7 Å². The number of fused-ring (bicyclic) bond motifs is 1. The van der Waals surface area contributed by atoms with Gasteiger partial charge in [-0.1, -0.05) is 100 Å². The van der Waals surface area contributed by atoms with Crippen LogP contribution in [-0.2, 0) is 57.6 Å². The summed E-state index contributed by atoms with van der Waals surface area (Å²) in [4.78, 5) is 115. The third-order valence-electron chi connectivity index (χ3n) is 12.2. The highest BCUT2D eigenvalue weighted by Crippen LogP contribution is 2.24. The SMILES string of the molecule is CC(=O)NCCCC[C@@H]1NC(=O)C(Cc2c[nH]c3ccccc23)NC(=O)[C@H](Cc2ccccc2)NC(=O)[C@@H](NC(=O)[C@H](N)Cc2ccccc2)CSSC[C@@H](C(=O)N[C@H](CO)[C@@H](C)O)NC(=O)[C@H]([C@@H](C)O)NC1=O. The summed E-state index contributed by atoms with van der Waals surface area (Å²) in [5.41, 5.74) is 9.16. The van der Waals surface area contributed by atoms with E-state index in [1.54, 1.807) is 60.8 Å². The van der Waals surface area contributed by atoms with Crippen molar-refractivity contribution in [2.45, 2.75) is 120 Å². The Hall–Kier alpha value is -6.50. The van der Waals surface area contributed by atoms with E-state index in [0.717, 1.165) is 38.1 Å². The number of H-pyrrole nitrogens is 1. The van der Waals surface area contributed by atoms with E-state index in [-0.39, 0.29) is 56.1 Å². The van der Waals surface area contributed by atoms with Gasteiger partial charge in [-0.25, -0.2) is 0 Å². The number of carbonyl (C=O) groups excluding carboxylic acids is 8. The normalized spacial score (nSPS) is 22.3. The Balaban J connectivity index is 1.57. The predicted octanol–water partition coefficient (Wildman–Crippen LogP) is -0.628. The maximum absolute atomic E-state index is 14.8. The van der Waals surface area contributed by atoms with Crippen molar-refractivity contribution in [3.8, 4) is 0 Å². The van der Waals surface area contributed by atoms with E-state index in [4.69, 9.17) is 5.73 Å². The van der Waals surface area contributed by atoms with E-state index in [9.17, 15) is 53.7 Å². The number of aliphatic hydroxyl groups is 3. The van der Waals surface area contributed by atoms with Crippen LogP contribution in [0.3, 0.4) is 0 Å². The van der Waals surface area contributed by atoms with Gasteiger partial charge in [0.2, 0.25) is 47.3 Å². The van der Waals surface area contributed by atoms with Crippen LogP contribution in [0.15, 0.2) is 91.1 Å². The van der Waals surface area contributed by atoms with Crippen molar-refractivity contribution in [3.63, 3.8) is 0 Å². The Bertz CT molecular complexity index is 2520. The fourth-order valence-electron chi connectivity index (χ4n) is 7.97. The number of carbonyl (C=O) groups is 8. The number of unbranched alkanes of at least 4 members (excludes halogenated alkanes) is 1. The van der Waals surface area contributed by atoms with E-state index in [1.807, 2.05) is 30.3 Å². The minimum absolute atomic E-state index is 0.0331. The molecule has 0 aliphatic carbocycles. The van der Waals surface area contributed by atoms with Crippen molar-refractivity contribution in [1.82, 2.24) is 47.5 Å². The molecule has 1 unspecified atom stereocenters. The molecule has 0 spiro atoms. The van der Waals surface area contributed by atoms with Gasteiger partial charge in [0, 0.05) is 54.9 Å². The van der Waals surface area contributed by atoms with Gasteiger partial charge in [0.05, 0.1) is 30.9 Å². The van der Waals surface area contributed by atoms with Gasteiger partial charge in [-0.3, -0.25) is 38.4 Å². The maximum atomic E-state index is 14.8. The van der Waals surface area contributed by atoms with E-state index in [2.05, 4.69) is 47.5 Å². The molecule has 14 N–H and O–H groups in total. The number of aromatic nitrogens is 1. The van der Waals surface area contributed by atoms with E-state index < -0.39 is 108 Å². The maximum Gasteiger partial charge on any atom is 0.245 e. The molecule has 1 aromatic heterocycles. The standard InChI is InChI=1S/C51H68N10O11S2/c1-29(63)41(26-62)58-50(71)43-28-74-73-27-42(59-45(66)36(52)22-32-14-6-4-7-15-32)49(70)56-39(23-33-16-8-5-9-17-33)47(68)57-40(24-34-25-54-37-19-11-10-18-35(34)37)48(69)55-38(20-12-13-21-53-31(3)65)46(67)61-44(30(2)64)51(72)60-43/h4-11,14-19,25,29-30,36,38-44,54,62-64H,12-13,20-24,26-28,52H2,1-3H3,(H,53,65)(H,55,69)(H,56,70)(H,57,68)(H,58,71)(H,59,66)(H,60,72)(H,61,67)/t29-,30-,36-,38+,39+,40?,41-,42+,43+,44+/m1/s1. The summed E-state index contributed by atoms with van der Waals surface area (Å²) in [6.07, 6.45) is -0.503. The number of rotatable bonds is 18. The molecule has 1 fully saturated rings. The van der Waals surface area contributed by atoms with Gasteiger partial charge >= 0.3 is 0 Å². The quantitative estimate of drug-likeness (QED) is 0.0436. The summed E-state index contributed by atoms with van der Waals surface area (Å²) < 4.78 is 0. The second kappa shape index (κ2) is 29.4. The molecular formula is C51H68N10O11S2. The molecule has 0 saturated carbocycles. The molecule has 0 radical (unpaired) electrons. The Morgan fingerprint density at radius 1 is 0.716 bits per heavy atom. The Morgan fingerprint density at radius 3 is 1.96 bits per heavy atom. The van der Waals surface area contributed by atoms with Crippen molar-refractivity contribution < 1.29 is 53.7 Å². The summed E-state index contributed by atoms with van der Waals surface area (Å²) in [5, 5.41) is 53.2. The second-order valence-electron chi connectivity index (χ2n) is 18.2. The Kier molecular flexibility index (Phi) is 23.2. The molecular weight excluding hydrogens is 993 g/mol. The van der Waals surface area contributed by atoms with Crippen molar-refractivity contribution in [1.29, 1.82) is 0 Å². The zero-order chi connectivity index (χ0) is 53.7. The number of para-hydroxylation sites is 1. The lowest BCUT2D eigenvalue weighted by Crippen LogP contribution is -2.62. The first-order chi connectivity index (χ1) is 35.4. The van der Waals surface area contributed by atoms with Gasteiger partial charge in [0.25, 0.3) is 0 Å². The van der Waals surface area contributed by atoms with Gasteiger partial charge < -0.3 is 68.6 Å². The first kappa shape index (κ1) is 58.4. The van der Waals surface area contributed by atoms with Crippen LogP contribution >= 0.6 is 21.6 Å². The zero-order valence-corrected chi connectivity index (χ0v) is 43.1. The molecule has 5 rings (SSSR count). The number of aliphatic hydroxyl groups excluding tert-OH is 3. The molecule has 3 aromatic carbocycles. The molecule has 10 atom stereocenters. The second-order valence-corrected chi connectivity index (χ2v) is 20.7. The monoisotopic (exact) mass is 1060 g/mol. The summed E-state index contributed by atoms with van der Waals surface area (Å²) in [6.45, 7) is 3.52. The highest BCUT2D eigenvalue weighted by molar-refractivity contribution is 8.76. The van der Waals surface area contributed by atoms with Crippen LogP contribution in [0.25, 0.3) is 10.9 Å². The van der Waals surface area contributed by atoms with Crippen LogP contribution in [0.1, 0.15) is 56.7 Å². The van der Waals surface area contributed by atoms with Crippen molar-refractivity contribution in [2.24, 2.45) is 5.73 Å². The van der Waals surface area contributed by atoms with Crippen molar-refractivity contribution in [3.05, 3.63) is 108 Å². The molecule has 1 aliphatic heterocycles. The van der Waals surface area contributed by atoms with Crippen LogP contribution in [0.2, 0.25) is 0 Å². The van der Waals surface area contributed by atoms with Gasteiger partial charge in [0.1, 0.15) is 36.3 Å². The topological polar surface area (TPSA) is 335 Å². The largest absolute Gasteiger partial charge is 0.394 e. The Labute approximate surface area is 437 Å². The third-order valence-corrected chi connectivity index (χ3v) is 14.6. The van der Waals surface area contributed by atoms with Gasteiger partial charge in [0.15, 0.2) is 0 Å². The Morgan fingerprint density at radius 2 is 1.31 bits per heavy atom. The molecule has 23 heteroatoms. The smallest absolute Gasteiger partial charge is 0.245 e. The number of hydrogen-bond donors (Lipinski definition) is 13. The van der Waals surface area contributed by atoms with Crippen LogP contribution < -0.4 is 48.3 Å². The van der Waals surface area contributed by atoms with Crippen LogP contribution in [-0.4, -0.2) is 153 Å². The highest BCUT2D eigenvalue weighted by atomic mass is 33.1. The first-order valence-corrected chi connectivity index (χ1v) is 26.9. The molecule has 1 aliphatic rings. The fourth-order valence-corrected chi connectivity index (χ4v) is 10.3. The number of amides is 8. The lowest BCUT2D eigenvalue weighted by atomic mass is 10.0. The number of nitrogens with two attached hydrogens (primary N) is 1. The van der Waals surface area contributed by atoms with Crippen LogP contribution in [0, 0.1) is 0 Å². The summed E-state index contributed by atoms with van der Waals surface area (Å²) in [6, 6.07) is 14.3. The lowest BCUT2D eigenvalue weighted by Gasteiger charge is -2.29. The number of hydrogen-bond acceptors (Lipinski definition) is 14. The van der Waals surface area contributed by atoms with Gasteiger partial charge in [-0.2, -0.15) is 0 Å². The molecule has 21 nitrogen and oxygen atoms in total. The van der Waals surface area contributed by atoms with Crippen LogP contribution in [0.5, 0.6) is 0 Å². The minimum Gasteiger partial charge on any atom is -0.394 e. The van der Waals surface area contributed by atoms with Crippen LogP contribution in [0.4, 0.5) is 0 Å². The van der Waals surface area contributed by atoms with E-state index >= 15 is 0 Å². The first-order valence-electron chi connectivity index (χ1n) is 24.4. The number of aromatic amines is 1. The van der Waals surface area contributed by atoms with Crippen molar-refractivity contribution >= 4 is 79.7 Å². The zero-order valence-electron chi connectivity index (χ0n) is 41.5. The number of nitrogens with one attached hydrogen (secondary N) is 9. The summed E-state index contributed by atoms with van der Waals surface area (Å²) in [5.74, 6) is -6.47. The average molecular weight is 1060 g/mol. The number of benzene rings is 3. The molecule has 8 amide bonds. The summed E-state index contributed by atoms with van der Waals surface area (Å²) in [7, 11) is 2.04.